The standard InChI is InChI=1S/C25H28F3N3O4/c26-25(27,28)22-10-8-18(9-11-22)19-6-3-7-20(13-19)23(33)29-15-30-24(34)21(14-31(35)16-32)12-17-4-1-2-5-17/h3,6-11,13,16-17,21,35H,1-2,4-5,12,14-15H2,(H,29,33)(H,30,34). The van der Waals surface area contributed by atoms with Crippen LogP contribution in [0, 0.1) is 11.8 Å². The van der Waals surface area contributed by atoms with E-state index in [1.165, 1.54) is 12.1 Å². The van der Waals surface area contributed by atoms with Crippen LogP contribution >= 0.6 is 0 Å². The van der Waals surface area contributed by atoms with Gasteiger partial charge in [-0.15, -0.1) is 0 Å². The van der Waals surface area contributed by atoms with Crippen LogP contribution in [0.25, 0.3) is 11.1 Å². The molecule has 35 heavy (non-hydrogen) atoms. The van der Waals surface area contributed by atoms with Crippen molar-refractivity contribution in [2.24, 2.45) is 11.8 Å². The van der Waals surface area contributed by atoms with Gasteiger partial charge >= 0.3 is 6.18 Å². The van der Waals surface area contributed by atoms with E-state index in [-0.39, 0.29) is 31.1 Å². The molecule has 0 aromatic heterocycles. The van der Waals surface area contributed by atoms with E-state index in [2.05, 4.69) is 10.6 Å². The molecule has 1 fully saturated rings. The van der Waals surface area contributed by atoms with Gasteiger partial charge in [0, 0.05) is 5.56 Å². The highest BCUT2D eigenvalue weighted by molar-refractivity contribution is 5.95. The fraction of sp³-hybridized carbons (Fsp3) is 0.400. The van der Waals surface area contributed by atoms with Gasteiger partial charge in [0.05, 0.1) is 24.7 Å². The van der Waals surface area contributed by atoms with E-state index < -0.39 is 23.6 Å². The zero-order valence-corrected chi connectivity index (χ0v) is 19.1. The minimum atomic E-state index is -4.43. The molecule has 10 heteroatoms. The number of alkyl halides is 3. The molecule has 0 spiro atoms. The summed E-state index contributed by atoms with van der Waals surface area (Å²) in [6, 6.07) is 11.1. The third-order valence-corrected chi connectivity index (χ3v) is 6.17. The Bertz CT molecular complexity index is 1020. The molecule has 0 heterocycles. The molecular formula is C25H28F3N3O4. The molecule has 3 amide bonds. The first-order valence-corrected chi connectivity index (χ1v) is 11.4. The third-order valence-electron chi connectivity index (χ3n) is 6.17. The molecule has 0 radical (unpaired) electrons. The first-order chi connectivity index (χ1) is 16.7. The number of hydrogen-bond acceptors (Lipinski definition) is 4. The quantitative estimate of drug-likeness (QED) is 0.201. The lowest BCUT2D eigenvalue weighted by atomic mass is 9.92. The third kappa shape index (κ3) is 7.54. The van der Waals surface area contributed by atoms with Crippen LogP contribution in [0.2, 0.25) is 0 Å². The number of amides is 3. The predicted molar refractivity (Wildman–Crippen MR) is 122 cm³/mol. The smallest absolute Gasteiger partial charge is 0.338 e. The van der Waals surface area contributed by atoms with Gasteiger partial charge in [-0.05, 0) is 47.7 Å². The zero-order valence-electron chi connectivity index (χ0n) is 19.1. The van der Waals surface area contributed by atoms with Crippen LogP contribution in [0.15, 0.2) is 48.5 Å². The lowest BCUT2D eigenvalue weighted by Crippen LogP contribution is -2.43. The molecule has 2 aromatic rings. The topological polar surface area (TPSA) is 98.7 Å². The number of rotatable bonds is 10. The summed E-state index contributed by atoms with van der Waals surface area (Å²) in [5.74, 6) is -1.10. The Balaban J connectivity index is 1.57. The van der Waals surface area contributed by atoms with Gasteiger partial charge in [0.1, 0.15) is 0 Å². The van der Waals surface area contributed by atoms with Crippen molar-refractivity contribution in [2.45, 2.75) is 38.3 Å². The minimum Gasteiger partial charge on any atom is -0.338 e. The summed E-state index contributed by atoms with van der Waals surface area (Å²) in [5, 5.41) is 15.2. The van der Waals surface area contributed by atoms with Crippen molar-refractivity contribution in [3.8, 4) is 11.1 Å². The molecule has 188 valence electrons. The van der Waals surface area contributed by atoms with E-state index in [1.54, 1.807) is 24.3 Å². The molecule has 0 bridgehead atoms. The summed E-state index contributed by atoms with van der Waals surface area (Å²) >= 11 is 0. The molecule has 3 N–H and O–H groups in total. The minimum absolute atomic E-state index is 0.130. The van der Waals surface area contributed by atoms with Gasteiger partial charge in [0.25, 0.3) is 5.91 Å². The van der Waals surface area contributed by atoms with Gasteiger partial charge < -0.3 is 10.6 Å². The van der Waals surface area contributed by atoms with Crippen molar-refractivity contribution in [3.63, 3.8) is 0 Å². The van der Waals surface area contributed by atoms with Crippen LogP contribution in [0.5, 0.6) is 0 Å². The SMILES string of the molecule is O=CN(O)CC(CC1CCCC1)C(=O)NCNC(=O)c1cccc(-c2ccc(C(F)(F)F)cc2)c1. The Hall–Kier alpha value is -3.40. The van der Waals surface area contributed by atoms with Crippen LogP contribution in [0.4, 0.5) is 13.2 Å². The maximum Gasteiger partial charge on any atom is 0.416 e. The van der Waals surface area contributed by atoms with Gasteiger partial charge in [-0.3, -0.25) is 19.6 Å². The number of halogens is 3. The first-order valence-electron chi connectivity index (χ1n) is 11.4. The van der Waals surface area contributed by atoms with Gasteiger partial charge in [-0.1, -0.05) is 49.9 Å². The van der Waals surface area contributed by atoms with Crippen LogP contribution in [-0.4, -0.2) is 41.7 Å². The maximum atomic E-state index is 12.8. The van der Waals surface area contributed by atoms with Crippen molar-refractivity contribution < 1.29 is 32.8 Å². The average molecular weight is 492 g/mol. The molecule has 1 saturated carbocycles. The van der Waals surface area contributed by atoms with Crippen LogP contribution in [0.1, 0.15) is 48.0 Å². The van der Waals surface area contributed by atoms with Crippen molar-refractivity contribution >= 4 is 18.2 Å². The zero-order chi connectivity index (χ0) is 25.4. The van der Waals surface area contributed by atoms with E-state index >= 15 is 0 Å². The Morgan fingerprint density at radius 3 is 2.37 bits per heavy atom. The molecule has 2 aromatic carbocycles. The second-order valence-electron chi connectivity index (χ2n) is 8.69. The molecule has 1 atom stereocenters. The van der Waals surface area contributed by atoms with E-state index in [0.29, 0.717) is 28.5 Å². The van der Waals surface area contributed by atoms with Gasteiger partial charge in [0.2, 0.25) is 12.3 Å². The van der Waals surface area contributed by atoms with E-state index in [9.17, 15) is 32.8 Å². The number of hydrogen-bond donors (Lipinski definition) is 3. The summed E-state index contributed by atoms with van der Waals surface area (Å²) in [6.07, 6.45) is 0.558. The molecule has 1 unspecified atom stereocenters. The fourth-order valence-corrected chi connectivity index (χ4v) is 4.33. The van der Waals surface area contributed by atoms with Crippen molar-refractivity contribution in [1.29, 1.82) is 0 Å². The monoisotopic (exact) mass is 491 g/mol. The highest BCUT2D eigenvalue weighted by Crippen LogP contribution is 2.32. The number of nitrogens with one attached hydrogen (secondary N) is 2. The molecule has 1 aliphatic carbocycles. The number of carbonyl (C=O) groups excluding carboxylic acids is 3. The molecule has 7 nitrogen and oxygen atoms in total. The van der Waals surface area contributed by atoms with E-state index in [1.807, 2.05) is 0 Å². The van der Waals surface area contributed by atoms with Crippen LogP contribution in [0.3, 0.4) is 0 Å². The highest BCUT2D eigenvalue weighted by atomic mass is 19.4. The summed E-state index contributed by atoms with van der Waals surface area (Å²) in [6.45, 7) is -0.287. The van der Waals surface area contributed by atoms with Crippen molar-refractivity contribution in [1.82, 2.24) is 15.7 Å². The van der Waals surface area contributed by atoms with Crippen LogP contribution < -0.4 is 10.6 Å². The van der Waals surface area contributed by atoms with Crippen LogP contribution in [-0.2, 0) is 15.8 Å². The Morgan fingerprint density at radius 1 is 1.06 bits per heavy atom. The second-order valence-corrected chi connectivity index (χ2v) is 8.69. The van der Waals surface area contributed by atoms with Gasteiger partial charge in [0.15, 0.2) is 0 Å². The summed E-state index contributed by atoms with van der Waals surface area (Å²) in [4.78, 5) is 36.0. The molecule has 1 aliphatic rings. The number of benzene rings is 2. The summed E-state index contributed by atoms with van der Waals surface area (Å²) < 4.78 is 38.4. The lowest BCUT2D eigenvalue weighted by molar-refractivity contribution is -0.155. The first kappa shape index (κ1) is 26.2. The second kappa shape index (κ2) is 11.8. The van der Waals surface area contributed by atoms with Crippen molar-refractivity contribution in [2.75, 3.05) is 13.2 Å². The highest BCUT2D eigenvalue weighted by Gasteiger charge is 2.30. The van der Waals surface area contributed by atoms with E-state index in [0.717, 1.165) is 37.8 Å². The number of hydroxylamine groups is 2. The largest absolute Gasteiger partial charge is 0.416 e. The van der Waals surface area contributed by atoms with Gasteiger partial charge in [-0.2, -0.15) is 13.2 Å². The van der Waals surface area contributed by atoms with E-state index in [4.69, 9.17) is 0 Å². The normalized spacial score (nSPS) is 14.9. The summed E-state index contributed by atoms with van der Waals surface area (Å²) in [7, 11) is 0. The average Bonchev–Trinajstić information content (AvgIpc) is 3.36. The predicted octanol–water partition coefficient (Wildman–Crippen LogP) is 4.22. The Labute approximate surface area is 201 Å². The lowest BCUT2D eigenvalue weighted by Gasteiger charge is -2.22. The summed E-state index contributed by atoms with van der Waals surface area (Å²) in [5.41, 5.74) is 0.625. The maximum absolute atomic E-state index is 12.8. The van der Waals surface area contributed by atoms with Gasteiger partial charge in [-0.25, -0.2) is 5.06 Å². The molecule has 0 saturated heterocycles. The molecule has 0 aliphatic heterocycles. The number of carbonyl (C=O) groups is 3. The molecule has 3 rings (SSSR count). The Kier molecular flexibility index (Phi) is 8.86. The molecular weight excluding hydrogens is 463 g/mol. The Morgan fingerprint density at radius 2 is 1.74 bits per heavy atom. The number of nitrogens with zero attached hydrogens (tertiary/aromatic N) is 1. The van der Waals surface area contributed by atoms with Crippen molar-refractivity contribution in [3.05, 3.63) is 59.7 Å². The fourth-order valence-electron chi connectivity index (χ4n) is 4.33.